The smallest absolute Gasteiger partial charge is 0.339 e. The minimum Gasteiger partial charge on any atom is -0.492 e. The van der Waals surface area contributed by atoms with Crippen LogP contribution in [0.25, 0.3) is 0 Å². The number of methoxy groups -OCH3 is 1. The van der Waals surface area contributed by atoms with Crippen LogP contribution in [0.2, 0.25) is 0 Å². The lowest BCUT2D eigenvalue weighted by Crippen LogP contribution is -2.04. The highest BCUT2D eigenvalue weighted by atomic mass is 16.5. The van der Waals surface area contributed by atoms with Crippen molar-refractivity contribution in [1.82, 2.24) is 0 Å². The van der Waals surface area contributed by atoms with Gasteiger partial charge in [0.1, 0.15) is 5.56 Å². The number of carbonyl (C=O) groups is 1. The average Bonchev–Trinajstić information content (AvgIpc) is 2.38. The minimum atomic E-state index is -1.01. The highest BCUT2D eigenvalue weighted by Crippen LogP contribution is 2.31. The summed E-state index contributed by atoms with van der Waals surface area (Å²) in [5.74, 6) is -0.224. The number of carboxylic acids is 1. The molecule has 0 spiro atoms. The molecule has 0 atom stereocenters. The van der Waals surface area contributed by atoms with Crippen molar-refractivity contribution in [3.8, 4) is 11.5 Å². The molecule has 1 N–H and O–H groups in total. The van der Waals surface area contributed by atoms with Crippen LogP contribution in [0.3, 0.4) is 0 Å². The van der Waals surface area contributed by atoms with E-state index in [0.29, 0.717) is 18.1 Å². The average molecular weight is 252 g/mol. The molecule has 4 heteroatoms. The molecule has 1 aromatic rings. The standard InChI is InChI=1S/C14H20O4/c1-3-4-5-6-10-18-12-9-7-8-11(14(15)16)13(12)17-2/h7-9H,3-6,10H2,1-2H3,(H,15,16). The molecule has 18 heavy (non-hydrogen) atoms. The van der Waals surface area contributed by atoms with E-state index >= 15 is 0 Å². The van der Waals surface area contributed by atoms with Gasteiger partial charge < -0.3 is 14.6 Å². The Hall–Kier alpha value is -1.71. The van der Waals surface area contributed by atoms with Gasteiger partial charge in [-0.2, -0.15) is 0 Å². The normalized spacial score (nSPS) is 10.1. The van der Waals surface area contributed by atoms with E-state index in [4.69, 9.17) is 14.6 Å². The van der Waals surface area contributed by atoms with Gasteiger partial charge >= 0.3 is 5.97 Å². The van der Waals surface area contributed by atoms with E-state index in [1.165, 1.54) is 26.0 Å². The van der Waals surface area contributed by atoms with Gasteiger partial charge in [-0.3, -0.25) is 0 Å². The summed E-state index contributed by atoms with van der Waals surface area (Å²) in [4.78, 5) is 11.0. The number of hydrogen-bond donors (Lipinski definition) is 1. The molecule has 0 radical (unpaired) electrons. The summed E-state index contributed by atoms with van der Waals surface area (Å²) in [6.45, 7) is 2.74. The molecule has 0 aliphatic carbocycles. The molecule has 4 nitrogen and oxygen atoms in total. The van der Waals surface area contributed by atoms with Gasteiger partial charge in [-0.05, 0) is 18.6 Å². The maximum Gasteiger partial charge on any atom is 0.339 e. The van der Waals surface area contributed by atoms with Crippen molar-refractivity contribution in [3.05, 3.63) is 23.8 Å². The third-order valence-corrected chi connectivity index (χ3v) is 2.67. The molecule has 0 saturated carbocycles. The Kier molecular flexibility index (Phi) is 6.05. The Labute approximate surface area is 108 Å². The van der Waals surface area contributed by atoms with Crippen LogP contribution in [0.5, 0.6) is 11.5 Å². The van der Waals surface area contributed by atoms with Crippen LogP contribution in [0.15, 0.2) is 18.2 Å². The van der Waals surface area contributed by atoms with Crippen LogP contribution in [-0.2, 0) is 0 Å². The lowest BCUT2D eigenvalue weighted by atomic mass is 10.2. The minimum absolute atomic E-state index is 0.128. The number of hydrogen-bond acceptors (Lipinski definition) is 3. The Balaban J connectivity index is 2.64. The number of aromatic carboxylic acids is 1. The zero-order valence-electron chi connectivity index (χ0n) is 10.9. The van der Waals surface area contributed by atoms with Crippen LogP contribution >= 0.6 is 0 Å². The summed E-state index contributed by atoms with van der Waals surface area (Å²) in [7, 11) is 1.45. The van der Waals surface area contributed by atoms with E-state index in [2.05, 4.69) is 6.92 Å². The second kappa shape index (κ2) is 7.58. The summed E-state index contributed by atoms with van der Waals surface area (Å²) in [6.07, 6.45) is 4.46. The Bertz CT molecular complexity index is 387. The van der Waals surface area contributed by atoms with E-state index in [9.17, 15) is 4.79 Å². The number of benzene rings is 1. The first-order valence-electron chi connectivity index (χ1n) is 6.23. The Morgan fingerprint density at radius 1 is 1.28 bits per heavy atom. The number of carboxylic acid groups (broad SMARTS) is 1. The van der Waals surface area contributed by atoms with Crippen LogP contribution < -0.4 is 9.47 Å². The van der Waals surface area contributed by atoms with Crippen LogP contribution in [0.4, 0.5) is 0 Å². The SMILES string of the molecule is CCCCCCOc1cccc(C(=O)O)c1OC. The largest absolute Gasteiger partial charge is 0.492 e. The number of ether oxygens (including phenoxy) is 2. The van der Waals surface area contributed by atoms with Gasteiger partial charge in [0, 0.05) is 0 Å². The fraction of sp³-hybridized carbons (Fsp3) is 0.500. The van der Waals surface area contributed by atoms with Crippen molar-refractivity contribution < 1.29 is 19.4 Å². The molecule has 0 bridgehead atoms. The first-order chi connectivity index (χ1) is 8.70. The molecule has 1 aromatic carbocycles. The fourth-order valence-corrected chi connectivity index (χ4v) is 1.72. The highest BCUT2D eigenvalue weighted by molar-refractivity contribution is 5.92. The molecule has 100 valence electrons. The van der Waals surface area contributed by atoms with Gasteiger partial charge in [0.25, 0.3) is 0 Å². The molecule has 0 heterocycles. The maximum atomic E-state index is 11.0. The Morgan fingerprint density at radius 3 is 2.67 bits per heavy atom. The third-order valence-electron chi connectivity index (χ3n) is 2.67. The molecule has 0 unspecified atom stereocenters. The maximum absolute atomic E-state index is 11.0. The first-order valence-corrected chi connectivity index (χ1v) is 6.23. The van der Waals surface area contributed by atoms with Crippen molar-refractivity contribution in [1.29, 1.82) is 0 Å². The van der Waals surface area contributed by atoms with Crippen LogP contribution in [0, 0.1) is 0 Å². The summed E-state index contributed by atoms with van der Waals surface area (Å²) in [6, 6.07) is 4.89. The van der Waals surface area contributed by atoms with E-state index < -0.39 is 5.97 Å². The number of unbranched alkanes of at least 4 members (excludes halogenated alkanes) is 3. The molecular formula is C14H20O4. The van der Waals surface area contributed by atoms with Crippen molar-refractivity contribution in [2.75, 3.05) is 13.7 Å². The van der Waals surface area contributed by atoms with Gasteiger partial charge in [0.15, 0.2) is 11.5 Å². The summed E-state index contributed by atoms with van der Waals surface area (Å²) in [5, 5.41) is 9.03. The van der Waals surface area contributed by atoms with Gasteiger partial charge in [-0.15, -0.1) is 0 Å². The monoisotopic (exact) mass is 252 g/mol. The lowest BCUT2D eigenvalue weighted by molar-refractivity contribution is 0.0692. The summed E-state index contributed by atoms with van der Waals surface area (Å²) < 4.78 is 10.7. The van der Waals surface area contributed by atoms with Gasteiger partial charge in [-0.1, -0.05) is 32.3 Å². The number of rotatable bonds is 8. The van der Waals surface area contributed by atoms with Gasteiger partial charge in [0.2, 0.25) is 0 Å². The molecule has 0 saturated heterocycles. The third kappa shape index (κ3) is 3.95. The fourth-order valence-electron chi connectivity index (χ4n) is 1.72. The summed E-state index contributed by atoms with van der Waals surface area (Å²) >= 11 is 0. The van der Waals surface area contributed by atoms with E-state index in [0.717, 1.165) is 12.8 Å². The second-order valence-electron chi connectivity index (χ2n) is 4.05. The highest BCUT2D eigenvalue weighted by Gasteiger charge is 2.15. The predicted molar refractivity (Wildman–Crippen MR) is 69.6 cm³/mol. The molecular weight excluding hydrogens is 232 g/mol. The zero-order valence-corrected chi connectivity index (χ0v) is 10.9. The van der Waals surface area contributed by atoms with Crippen molar-refractivity contribution >= 4 is 5.97 Å². The number of para-hydroxylation sites is 1. The van der Waals surface area contributed by atoms with Gasteiger partial charge in [0.05, 0.1) is 13.7 Å². The Morgan fingerprint density at radius 2 is 2.06 bits per heavy atom. The lowest BCUT2D eigenvalue weighted by Gasteiger charge is -2.12. The first kappa shape index (κ1) is 14.4. The van der Waals surface area contributed by atoms with Crippen LogP contribution in [-0.4, -0.2) is 24.8 Å². The van der Waals surface area contributed by atoms with Crippen molar-refractivity contribution in [3.63, 3.8) is 0 Å². The quantitative estimate of drug-likeness (QED) is 0.721. The molecule has 0 aliphatic heterocycles. The topological polar surface area (TPSA) is 55.8 Å². The molecule has 0 aromatic heterocycles. The summed E-state index contributed by atoms with van der Waals surface area (Å²) in [5.41, 5.74) is 0.128. The zero-order chi connectivity index (χ0) is 13.4. The second-order valence-corrected chi connectivity index (χ2v) is 4.05. The van der Waals surface area contributed by atoms with E-state index in [1.807, 2.05) is 0 Å². The predicted octanol–water partition coefficient (Wildman–Crippen LogP) is 3.35. The molecule has 0 amide bonds. The molecule has 1 rings (SSSR count). The van der Waals surface area contributed by atoms with Crippen LogP contribution in [0.1, 0.15) is 43.0 Å². The van der Waals surface area contributed by atoms with Crippen molar-refractivity contribution in [2.24, 2.45) is 0 Å². The van der Waals surface area contributed by atoms with E-state index in [1.54, 1.807) is 12.1 Å². The van der Waals surface area contributed by atoms with Crippen molar-refractivity contribution in [2.45, 2.75) is 32.6 Å². The van der Waals surface area contributed by atoms with Gasteiger partial charge in [-0.25, -0.2) is 4.79 Å². The molecule has 0 fully saturated rings. The van der Waals surface area contributed by atoms with E-state index in [-0.39, 0.29) is 5.56 Å². The molecule has 0 aliphatic rings.